The van der Waals surface area contributed by atoms with Crippen LogP contribution < -0.4 is 21.5 Å². The molecule has 132 valence electrons. The van der Waals surface area contributed by atoms with Crippen molar-refractivity contribution in [1.29, 1.82) is 0 Å². The van der Waals surface area contributed by atoms with Gasteiger partial charge in [-0.05, 0) is 30.7 Å². The van der Waals surface area contributed by atoms with Crippen LogP contribution in [0.15, 0.2) is 53.5 Å². The van der Waals surface area contributed by atoms with Gasteiger partial charge in [0.05, 0.1) is 0 Å². The minimum atomic E-state index is 0. The largest absolute Gasteiger partial charge is 0.489 e. The zero-order valence-electron chi connectivity index (χ0n) is 13.6. The lowest BCUT2D eigenvalue weighted by Crippen LogP contribution is -2.22. The van der Waals surface area contributed by atoms with Crippen LogP contribution in [0.1, 0.15) is 18.1 Å². The van der Waals surface area contributed by atoms with Gasteiger partial charge in [0.2, 0.25) is 0 Å². The number of nitrogens with zero attached hydrogens (tertiary/aromatic N) is 1. The second kappa shape index (κ2) is 11.6. The molecule has 5 nitrogen and oxygen atoms in total. The van der Waals surface area contributed by atoms with Crippen LogP contribution in [0.25, 0.3) is 0 Å². The highest BCUT2D eigenvalue weighted by molar-refractivity contribution is 5.92. The van der Waals surface area contributed by atoms with Gasteiger partial charge in [0.25, 0.3) is 0 Å². The Morgan fingerprint density at radius 3 is 2.46 bits per heavy atom. The van der Waals surface area contributed by atoms with Crippen molar-refractivity contribution < 1.29 is 4.74 Å². The molecule has 0 saturated heterocycles. The van der Waals surface area contributed by atoms with Crippen LogP contribution in [0.3, 0.4) is 0 Å². The Morgan fingerprint density at radius 1 is 1.12 bits per heavy atom. The molecule has 0 bridgehead atoms. The summed E-state index contributed by atoms with van der Waals surface area (Å²) in [7, 11) is 0. The number of anilines is 1. The molecule has 0 atom stereocenters. The van der Waals surface area contributed by atoms with E-state index in [0.717, 1.165) is 22.6 Å². The fourth-order valence-corrected chi connectivity index (χ4v) is 2.05. The van der Waals surface area contributed by atoms with Crippen molar-refractivity contribution >= 4 is 36.5 Å². The maximum Gasteiger partial charge on any atom is 0.193 e. The summed E-state index contributed by atoms with van der Waals surface area (Å²) in [5, 5.41) is 3.04. The molecule has 0 aliphatic heterocycles. The topological polar surface area (TPSA) is 85.7 Å². The van der Waals surface area contributed by atoms with Crippen LogP contribution in [0.5, 0.6) is 5.75 Å². The zero-order valence-corrected chi connectivity index (χ0v) is 15.2. The summed E-state index contributed by atoms with van der Waals surface area (Å²) in [5.74, 6) is 1.17. The van der Waals surface area contributed by atoms with E-state index in [1.807, 2.05) is 55.5 Å². The Bertz CT molecular complexity index is 636. The standard InChI is InChI=1S/C17H22N4O.2ClH/c1-2-20-17(19)21-15-8-9-16(14(10-15)11-18)22-12-13-6-4-3-5-7-13;;/h3-10H,2,11-12,18H2,1H3,(H3,19,20,21);2*1H. The van der Waals surface area contributed by atoms with Crippen LogP contribution >= 0.6 is 24.8 Å². The van der Waals surface area contributed by atoms with E-state index in [1.54, 1.807) is 0 Å². The minimum absolute atomic E-state index is 0. The molecule has 0 fully saturated rings. The van der Waals surface area contributed by atoms with Gasteiger partial charge in [0.15, 0.2) is 5.96 Å². The average Bonchev–Trinajstić information content (AvgIpc) is 2.54. The van der Waals surface area contributed by atoms with Crippen molar-refractivity contribution in [2.45, 2.75) is 20.1 Å². The maximum absolute atomic E-state index is 5.85. The molecular weight excluding hydrogens is 347 g/mol. The molecule has 0 unspecified atom stereocenters. The van der Waals surface area contributed by atoms with Crippen LogP contribution in [-0.4, -0.2) is 12.5 Å². The molecule has 0 aliphatic rings. The number of hydrogen-bond donors (Lipinski definition) is 3. The molecule has 24 heavy (non-hydrogen) atoms. The first kappa shape index (κ1) is 22.1. The third-order valence-corrected chi connectivity index (χ3v) is 3.12. The van der Waals surface area contributed by atoms with Crippen molar-refractivity contribution in [2.24, 2.45) is 16.5 Å². The summed E-state index contributed by atoms with van der Waals surface area (Å²) in [4.78, 5) is 4.09. The first-order chi connectivity index (χ1) is 10.7. The van der Waals surface area contributed by atoms with E-state index in [2.05, 4.69) is 10.3 Å². The molecule has 0 spiro atoms. The highest BCUT2D eigenvalue weighted by Crippen LogP contribution is 2.23. The van der Waals surface area contributed by atoms with Crippen molar-refractivity contribution in [3.8, 4) is 5.75 Å². The molecule has 0 heterocycles. The first-order valence-corrected chi connectivity index (χ1v) is 7.29. The Kier molecular flexibility index (Phi) is 10.6. The molecule has 0 radical (unpaired) electrons. The number of aliphatic imine (C=N–C) groups is 1. The maximum atomic E-state index is 5.85. The van der Waals surface area contributed by atoms with Crippen molar-refractivity contribution in [2.75, 3.05) is 11.9 Å². The number of ether oxygens (including phenoxy) is 1. The number of halogens is 2. The number of hydrogen-bond acceptors (Lipinski definition) is 3. The molecule has 5 N–H and O–H groups in total. The smallest absolute Gasteiger partial charge is 0.193 e. The SMILES string of the molecule is CCN=C(N)Nc1ccc(OCc2ccccc2)c(CN)c1.Cl.Cl. The molecule has 2 aromatic carbocycles. The van der Waals surface area contributed by atoms with Gasteiger partial charge in [-0.2, -0.15) is 0 Å². The third kappa shape index (κ3) is 6.66. The Balaban J connectivity index is 0.00000264. The van der Waals surface area contributed by atoms with E-state index in [1.165, 1.54) is 0 Å². The zero-order chi connectivity index (χ0) is 15.8. The summed E-state index contributed by atoms with van der Waals surface area (Å²) >= 11 is 0. The van der Waals surface area contributed by atoms with Gasteiger partial charge in [-0.25, -0.2) is 0 Å². The number of nitrogens with one attached hydrogen (secondary N) is 1. The van der Waals surface area contributed by atoms with Gasteiger partial charge < -0.3 is 21.5 Å². The molecule has 0 aliphatic carbocycles. The van der Waals surface area contributed by atoms with Crippen LogP contribution in [0, 0.1) is 0 Å². The number of nitrogens with two attached hydrogens (primary N) is 2. The Labute approximate surface area is 155 Å². The number of guanidine groups is 1. The molecular formula is C17H24Cl2N4O. The van der Waals surface area contributed by atoms with E-state index in [4.69, 9.17) is 16.2 Å². The number of rotatable bonds is 6. The molecule has 2 aromatic rings. The highest BCUT2D eigenvalue weighted by atomic mass is 35.5. The van der Waals surface area contributed by atoms with Crippen LogP contribution in [0.4, 0.5) is 5.69 Å². The van der Waals surface area contributed by atoms with Crippen molar-refractivity contribution in [1.82, 2.24) is 0 Å². The summed E-state index contributed by atoms with van der Waals surface area (Å²) in [6, 6.07) is 15.7. The summed E-state index contributed by atoms with van der Waals surface area (Å²) in [6.45, 7) is 3.48. The average molecular weight is 371 g/mol. The monoisotopic (exact) mass is 370 g/mol. The van der Waals surface area contributed by atoms with Crippen molar-refractivity contribution in [3.63, 3.8) is 0 Å². The lowest BCUT2D eigenvalue weighted by molar-refractivity contribution is 0.303. The molecule has 0 aromatic heterocycles. The van der Waals surface area contributed by atoms with Gasteiger partial charge in [-0.15, -0.1) is 24.8 Å². The molecule has 0 saturated carbocycles. The predicted octanol–water partition coefficient (Wildman–Crippen LogP) is 3.31. The highest BCUT2D eigenvalue weighted by Gasteiger charge is 2.05. The summed E-state index contributed by atoms with van der Waals surface area (Å²) in [5.41, 5.74) is 14.5. The van der Waals surface area contributed by atoms with E-state index >= 15 is 0 Å². The van der Waals surface area contributed by atoms with Crippen molar-refractivity contribution in [3.05, 3.63) is 59.7 Å². The Hall–Kier alpha value is -1.95. The van der Waals surface area contributed by atoms with Gasteiger partial charge in [-0.1, -0.05) is 30.3 Å². The summed E-state index contributed by atoms with van der Waals surface area (Å²) < 4.78 is 5.85. The second-order valence-corrected chi connectivity index (χ2v) is 4.79. The van der Waals surface area contributed by atoms with E-state index in [-0.39, 0.29) is 24.8 Å². The molecule has 2 rings (SSSR count). The van der Waals surface area contributed by atoms with Crippen LogP contribution in [0.2, 0.25) is 0 Å². The minimum Gasteiger partial charge on any atom is -0.489 e. The van der Waals surface area contributed by atoms with Gasteiger partial charge >= 0.3 is 0 Å². The van der Waals surface area contributed by atoms with E-state index < -0.39 is 0 Å². The summed E-state index contributed by atoms with van der Waals surface area (Å²) in [6.07, 6.45) is 0. The normalized spacial score (nSPS) is 10.3. The van der Waals surface area contributed by atoms with Gasteiger partial charge in [0, 0.05) is 24.3 Å². The Morgan fingerprint density at radius 2 is 1.83 bits per heavy atom. The fraction of sp³-hybridized carbons (Fsp3) is 0.235. The lowest BCUT2D eigenvalue weighted by atomic mass is 10.1. The first-order valence-electron chi connectivity index (χ1n) is 7.29. The quantitative estimate of drug-likeness (QED) is 0.537. The van der Waals surface area contributed by atoms with E-state index in [0.29, 0.717) is 25.7 Å². The van der Waals surface area contributed by atoms with Crippen LogP contribution in [-0.2, 0) is 13.2 Å². The lowest BCUT2D eigenvalue weighted by Gasteiger charge is -2.13. The predicted molar refractivity (Wildman–Crippen MR) is 105 cm³/mol. The molecule has 7 heteroatoms. The third-order valence-electron chi connectivity index (χ3n) is 3.12. The van der Waals surface area contributed by atoms with E-state index in [9.17, 15) is 0 Å². The van der Waals surface area contributed by atoms with Gasteiger partial charge in [-0.3, -0.25) is 4.99 Å². The number of benzene rings is 2. The van der Waals surface area contributed by atoms with Gasteiger partial charge in [0.1, 0.15) is 12.4 Å². The fourth-order valence-electron chi connectivity index (χ4n) is 2.05. The molecule has 0 amide bonds. The second-order valence-electron chi connectivity index (χ2n) is 4.79.